The fourth-order valence-electron chi connectivity index (χ4n) is 2.89. The summed E-state index contributed by atoms with van der Waals surface area (Å²) in [7, 11) is 0. The predicted molar refractivity (Wildman–Crippen MR) is 101 cm³/mol. The molecule has 0 fully saturated rings. The van der Waals surface area contributed by atoms with Crippen molar-refractivity contribution in [1.29, 1.82) is 0 Å². The number of rotatable bonds is 7. The summed E-state index contributed by atoms with van der Waals surface area (Å²) in [5, 5.41) is 0. The summed E-state index contributed by atoms with van der Waals surface area (Å²) in [5.41, 5.74) is 2.27. The molecule has 0 bridgehead atoms. The molecule has 0 aliphatic carbocycles. The Morgan fingerprint density at radius 2 is 1.57 bits per heavy atom. The number of carbonyl (C=O) groups excluding carboxylic acids is 3. The third-order valence-corrected chi connectivity index (χ3v) is 4.12. The maximum absolute atomic E-state index is 12.6. The van der Waals surface area contributed by atoms with Crippen LogP contribution in [-0.2, 0) is 28.6 Å². The smallest absolute Gasteiger partial charge is 0.336 e. The van der Waals surface area contributed by atoms with Gasteiger partial charge < -0.3 is 19.1 Å². The topological polar surface area (TPSA) is 95.0 Å². The average molecular weight is 388 g/mol. The summed E-state index contributed by atoms with van der Waals surface area (Å²) < 4.78 is 15.5. The number of carbonyl (C=O) groups is 3. The summed E-state index contributed by atoms with van der Waals surface area (Å²) in [6.45, 7) is 6.70. The van der Waals surface area contributed by atoms with Crippen LogP contribution < -0.4 is 4.90 Å². The van der Waals surface area contributed by atoms with Crippen molar-refractivity contribution in [2.75, 3.05) is 24.7 Å². The number of nitrogens with zero attached hydrogens (tertiary/aromatic N) is 2. The molecule has 1 aliphatic rings. The van der Waals surface area contributed by atoms with Crippen molar-refractivity contribution >= 4 is 23.6 Å². The number of hydrogen-bond donors (Lipinski definition) is 0. The van der Waals surface area contributed by atoms with E-state index in [0.29, 0.717) is 22.7 Å². The van der Waals surface area contributed by atoms with E-state index in [2.05, 4.69) is 4.98 Å². The largest absolute Gasteiger partial charge is 0.463 e. The van der Waals surface area contributed by atoms with Crippen LogP contribution in [0, 0.1) is 0 Å². The Balaban J connectivity index is 2.62. The van der Waals surface area contributed by atoms with Gasteiger partial charge in [0.25, 0.3) is 0 Å². The third kappa shape index (κ3) is 4.76. The second kappa shape index (κ2) is 9.68. The van der Waals surface area contributed by atoms with Crippen LogP contribution in [0.15, 0.2) is 47.1 Å². The highest BCUT2D eigenvalue weighted by Crippen LogP contribution is 2.36. The summed E-state index contributed by atoms with van der Waals surface area (Å²) in [6, 6.07) is 3.46. The molecule has 0 saturated carbocycles. The zero-order chi connectivity index (χ0) is 20.7. The first-order valence-corrected chi connectivity index (χ1v) is 9.00. The molecule has 8 heteroatoms. The SMILES string of the molecule is CCOC(=O)C1=C(C)N(c2ccncc2)C(COC(C)=O)=C(C(=O)OCC)C1. The molecule has 0 atom stereocenters. The molecule has 0 saturated heterocycles. The number of ether oxygens (including phenoxy) is 3. The standard InChI is InChI=1S/C20H24N2O6/c1-5-26-19(24)16-11-17(20(25)27-6-2)18(12-28-14(4)23)22(13(16)3)15-7-9-21-10-8-15/h7-10H,5-6,11-12H2,1-4H3. The Kier molecular flexibility index (Phi) is 7.31. The number of aromatic nitrogens is 1. The summed E-state index contributed by atoms with van der Waals surface area (Å²) in [4.78, 5) is 42.2. The zero-order valence-corrected chi connectivity index (χ0v) is 16.5. The number of allylic oxidation sites excluding steroid dienone is 1. The van der Waals surface area contributed by atoms with Crippen LogP contribution in [0.5, 0.6) is 0 Å². The predicted octanol–water partition coefficient (Wildman–Crippen LogP) is 2.51. The Labute approximate surface area is 163 Å². The van der Waals surface area contributed by atoms with Crippen molar-refractivity contribution in [2.45, 2.75) is 34.1 Å². The van der Waals surface area contributed by atoms with E-state index >= 15 is 0 Å². The van der Waals surface area contributed by atoms with Crippen LogP contribution in [0.1, 0.15) is 34.1 Å². The summed E-state index contributed by atoms with van der Waals surface area (Å²) in [5.74, 6) is -1.56. The number of pyridine rings is 1. The first kappa shape index (κ1) is 21.1. The van der Waals surface area contributed by atoms with Crippen molar-refractivity contribution < 1.29 is 28.6 Å². The van der Waals surface area contributed by atoms with Gasteiger partial charge in [-0.15, -0.1) is 0 Å². The highest BCUT2D eigenvalue weighted by Gasteiger charge is 2.34. The quantitative estimate of drug-likeness (QED) is 0.519. The Morgan fingerprint density at radius 1 is 1.00 bits per heavy atom. The zero-order valence-electron chi connectivity index (χ0n) is 16.5. The van der Waals surface area contributed by atoms with Gasteiger partial charge in [0, 0.05) is 37.1 Å². The monoisotopic (exact) mass is 388 g/mol. The lowest BCUT2D eigenvalue weighted by Gasteiger charge is -2.34. The lowest BCUT2D eigenvalue weighted by Crippen LogP contribution is -2.34. The maximum Gasteiger partial charge on any atom is 0.336 e. The van der Waals surface area contributed by atoms with Gasteiger partial charge in [-0.05, 0) is 32.9 Å². The average Bonchev–Trinajstić information content (AvgIpc) is 2.67. The minimum absolute atomic E-state index is 0.0294. The van der Waals surface area contributed by atoms with Gasteiger partial charge in [-0.2, -0.15) is 0 Å². The molecule has 0 radical (unpaired) electrons. The van der Waals surface area contributed by atoms with Crippen molar-refractivity contribution in [3.63, 3.8) is 0 Å². The van der Waals surface area contributed by atoms with Crippen molar-refractivity contribution in [3.8, 4) is 0 Å². The maximum atomic E-state index is 12.6. The molecule has 150 valence electrons. The fraction of sp³-hybridized carbons (Fsp3) is 0.400. The second-order valence-electron chi connectivity index (χ2n) is 5.93. The van der Waals surface area contributed by atoms with E-state index in [0.717, 1.165) is 0 Å². The molecule has 1 aromatic heterocycles. The van der Waals surface area contributed by atoms with E-state index in [-0.39, 0.29) is 31.8 Å². The number of esters is 3. The molecule has 0 spiro atoms. The number of hydrogen-bond acceptors (Lipinski definition) is 8. The lowest BCUT2D eigenvalue weighted by atomic mass is 9.95. The van der Waals surface area contributed by atoms with Crippen LogP contribution >= 0.6 is 0 Å². The van der Waals surface area contributed by atoms with Crippen LogP contribution in [0.3, 0.4) is 0 Å². The van der Waals surface area contributed by atoms with E-state index in [4.69, 9.17) is 14.2 Å². The molecule has 0 aromatic carbocycles. The Bertz CT molecular complexity index is 813. The van der Waals surface area contributed by atoms with Gasteiger partial charge in [-0.3, -0.25) is 9.78 Å². The normalized spacial score (nSPS) is 14.1. The van der Waals surface area contributed by atoms with Gasteiger partial charge >= 0.3 is 17.9 Å². The molecule has 1 aromatic rings. The van der Waals surface area contributed by atoms with Gasteiger partial charge in [0.2, 0.25) is 0 Å². The van der Waals surface area contributed by atoms with Crippen LogP contribution in [0.4, 0.5) is 5.69 Å². The van der Waals surface area contributed by atoms with Crippen molar-refractivity contribution in [3.05, 3.63) is 47.1 Å². The minimum atomic E-state index is -0.571. The highest BCUT2D eigenvalue weighted by atomic mass is 16.5. The van der Waals surface area contributed by atoms with Gasteiger partial charge in [0.15, 0.2) is 0 Å². The van der Waals surface area contributed by atoms with Gasteiger partial charge in [-0.25, -0.2) is 9.59 Å². The van der Waals surface area contributed by atoms with E-state index in [1.807, 2.05) is 0 Å². The van der Waals surface area contributed by atoms with Crippen molar-refractivity contribution in [1.82, 2.24) is 4.98 Å². The van der Waals surface area contributed by atoms with E-state index in [1.165, 1.54) is 6.92 Å². The fourth-order valence-corrected chi connectivity index (χ4v) is 2.89. The third-order valence-electron chi connectivity index (χ3n) is 4.12. The van der Waals surface area contributed by atoms with Gasteiger partial charge in [0.1, 0.15) is 6.61 Å². The lowest BCUT2D eigenvalue weighted by molar-refractivity contribution is -0.142. The Hall–Kier alpha value is -3.16. The molecule has 8 nitrogen and oxygen atoms in total. The van der Waals surface area contributed by atoms with Crippen LogP contribution in [0.25, 0.3) is 0 Å². The van der Waals surface area contributed by atoms with E-state index in [9.17, 15) is 14.4 Å². The minimum Gasteiger partial charge on any atom is -0.463 e. The molecule has 0 unspecified atom stereocenters. The first-order valence-electron chi connectivity index (χ1n) is 9.00. The highest BCUT2D eigenvalue weighted by molar-refractivity contribution is 5.98. The second-order valence-corrected chi connectivity index (χ2v) is 5.93. The van der Waals surface area contributed by atoms with Gasteiger partial charge in [-0.1, -0.05) is 0 Å². The number of anilines is 1. The molecule has 0 amide bonds. The Morgan fingerprint density at radius 3 is 2.11 bits per heavy atom. The van der Waals surface area contributed by atoms with E-state index < -0.39 is 17.9 Å². The molecule has 2 heterocycles. The summed E-state index contributed by atoms with van der Waals surface area (Å²) >= 11 is 0. The molecule has 28 heavy (non-hydrogen) atoms. The van der Waals surface area contributed by atoms with E-state index in [1.54, 1.807) is 50.2 Å². The molecular weight excluding hydrogens is 364 g/mol. The molecular formula is C20H24N2O6. The van der Waals surface area contributed by atoms with Gasteiger partial charge in [0.05, 0.1) is 30.1 Å². The molecule has 1 aliphatic heterocycles. The van der Waals surface area contributed by atoms with Crippen LogP contribution in [0.2, 0.25) is 0 Å². The first-order chi connectivity index (χ1) is 13.4. The van der Waals surface area contributed by atoms with Crippen LogP contribution in [-0.4, -0.2) is 42.7 Å². The molecule has 0 N–H and O–H groups in total. The summed E-state index contributed by atoms with van der Waals surface area (Å²) in [6.07, 6.45) is 3.21. The van der Waals surface area contributed by atoms with Crippen molar-refractivity contribution in [2.24, 2.45) is 0 Å². The molecule has 2 rings (SSSR count).